The van der Waals surface area contributed by atoms with E-state index in [-0.39, 0.29) is 0 Å². The number of pyridine rings is 1. The molecule has 2 aromatic heterocycles. The second kappa shape index (κ2) is 8.58. The van der Waals surface area contributed by atoms with Gasteiger partial charge in [0.15, 0.2) is 7.14 Å². The molecule has 5 aromatic carbocycles. The average molecular weight is 495 g/mol. The topological polar surface area (TPSA) is 34.9 Å². The molecule has 0 radical (unpaired) electrons. The minimum atomic E-state index is -3.08. The molecule has 37 heavy (non-hydrogen) atoms. The second-order valence-corrected chi connectivity index (χ2v) is 12.0. The van der Waals surface area contributed by atoms with Crippen LogP contribution in [-0.2, 0) is 4.57 Å². The van der Waals surface area contributed by atoms with Gasteiger partial charge in [0, 0.05) is 38.3 Å². The first kappa shape index (κ1) is 21.8. The van der Waals surface area contributed by atoms with Gasteiger partial charge >= 0.3 is 0 Å². The molecule has 0 amide bonds. The summed E-state index contributed by atoms with van der Waals surface area (Å²) in [6, 6.07) is 44.7. The second-order valence-electron chi connectivity index (χ2n) is 9.19. The van der Waals surface area contributed by atoms with Gasteiger partial charge in [0.2, 0.25) is 0 Å². The largest absolute Gasteiger partial charge is 0.309 e. The van der Waals surface area contributed by atoms with Gasteiger partial charge in [-0.3, -0.25) is 4.98 Å². The molecule has 176 valence electrons. The summed E-state index contributed by atoms with van der Waals surface area (Å²) >= 11 is 0. The van der Waals surface area contributed by atoms with Gasteiger partial charge in [-0.05, 0) is 36.4 Å². The first-order valence-electron chi connectivity index (χ1n) is 12.3. The molecule has 4 heteroatoms. The molecule has 7 aromatic rings. The Bertz CT molecular complexity index is 1910. The number of aromatic nitrogens is 2. The molecule has 0 spiro atoms. The Morgan fingerprint density at radius 1 is 0.541 bits per heavy atom. The van der Waals surface area contributed by atoms with E-state index in [1.54, 1.807) is 0 Å². The Morgan fingerprint density at radius 2 is 1.19 bits per heavy atom. The van der Waals surface area contributed by atoms with Crippen molar-refractivity contribution in [1.29, 1.82) is 0 Å². The Kier molecular flexibility index (Phi) is 5.06. The molecule has 2 heterocycles. The third-order valence-electron chi connectivity index (χ3n) is 7.11. The molecule has 0 atom stereocenters. The molecule has 3 nitrogen and oxygen atoms in total. The van der Waals surface area contributed by atoms with Crippen LogP contribution in [0.15, 0.2) is 140 Å². The lowest BCUT2D eigenvalue weighted by atomic mass is 10.1. The van der Waals surface area contributed by atoms with Crippen LogP contribution in [0.4, 0.5) is 0 Å². The van der Waals surface area contributed by atoms with Crippen molar-refractivity contribution in [2.24, 2.45) is 0 Å². The van der Waals surface area contributed by atoms with E-state index in [4.69, 9.17) is 4.98 Å². The molecule has 0 aliphatic carbocycles. The SMILES string of the molecule is O=P(c1ccccc1)(c1ccccc1)c1ccc2c(c1)c1ccccc1n2-c1cccc2cccnc12. The highest BCUT2D eigenvalue weighted by Crippen LogP contribution is 2.44. The predicted molar refractivity (Wildman–Crippen MR) is 155 cm³/mol. The number of nitrogens with zero attached hydrogens (tertiary/aromatic N) is 2. The van der Waals surface area contributed by atoms with Crippen molar-refractivity contribution in [3.8, 4) is 5.69 Å². The maximum atomic E-state index is 15.0. The van der Waals surface area contributed by atoms with Gasteiger partial charge in [-0.2, -0.15) is 0 Å². The van der Waals surface area contributed by atoms with Crippen molar-refractivity contribution < 1.29 is 4.57 Å². The minimum Gasteiger partial charge on any atom is -0.309 e. The highest BCUT2D eigenvalue weighted by Gasteiger charge is 2.30. The highest BCUT2D eigenvalue weighted by molar-refractivity contribution is 7.85. The molecule has 0 unspecified atom stereocenters. The molecule has 0 aliphatic heterocycles. The fourth-order valence-electron chi connectivity index (χ4n) is 5.41. The van der Waals surface area contributed by atoms with E-state index >= 15 is 4.57 Å². The van der Waals surface area contributed by atoms with E-state index in [1.807, 2.05) is 79.0 Å². The van der Waals surface area contributed by atoms with E-state index < -0.39 is 7.14 Å². The maximum absolute atomic E-state index is 15.0. The fourth-order valence-corrected chi connectivity index (χ4v) is 8.08. The standard InChI is InChI=1S/C33H23N2OP/c36-37(25-13-3-1-4-14-25,26-15-5-2-6-16-26)27-20-21-31-29(23-27)28-17-7-8-18-30(28)35(31)32-19-9-11-24-12-10-22-34-33(24)32/h1-23H. The molecule has 0 aliphatic rings. The van der Waals surface area contributed by atoms with E-state index in [1.165, 1.54) is 0 Å². The van der Waals surface area contributed by atoms with Gasteiger partial charge in [-0.15, -0.1) is 0 Å². The monoisotopic (exact) mass is 494 g/mol. The van der Waals surface area contributed by atoms with Crippen molar-refractivity contribution in [2.75, 3.05) is 0 Å². The Hall–Kier alpha value is -4.46. The van der Waals surface area contributed by atoms with Gasteiger partial charge in [-0.1, -0.05) is 97.1 Å². The number of fused-ring (bicyclic) bond motifs is 4. The van der Waals surface area contributed by atoms with Crippen LogP contribution in [-0.4, -0.2) is 9.55 Å². The summed E-state index contributed by atoms with van der Waals surface area (Å²) in [4.78, 5) is 4.72. The molecular weight excluding hydrogens is 471 g/mol. The van der Waals surface area contributed by atoms with Gasteiger partial charge in [-0.25, -0.2) is 0 Å². The van der Waals surface area contributed by atoms with Crippen molar-refractivity contribution >= 4 is 55.8 Å². The third kappa shape index (κ3) is 3.36. The zero-order valence-electron chi connectivity index (χ0n) is 20.0. The van der Waals surface area contributed by atoms with Gasteiger partial charge < -0.3 is 9.13 Å². The van der Waals surface area contributed by atoms with Crippen LogP contribution in [0.2, 0.25) is 0 Å². The smallest absolute Gasteiger partial charge is 0.171 e. The highest BCUT2D eigenvalue weighted by atomic mass is 31.2. The molecular formula is C33H23N2OP. The lowest BCUT2D eigenvalue weighted by molar-refractivity contribution is 0.592. The fraction of sp³-hybridized carbons (Fsp3) is 0. The van der Waals surface area contributed by atoms with Crippen molar-refractivity contribution in [3.05, 3.63) is 140 Å². The van der Waals surface area contributed by atoms with E-state index in [9.17, 15) is 0 Å². The van der Waals surface area contributed by atoms with Crippen LogP contribution in [0.25, 0.3) is 38.4 Å². The molecule has 0 saturated carbocycles. The zero-order valence-corrected chi connectivity index (χ0v) is 20.9. The normalized spacial score (nSPS) is 11.9. The lowest BCUT2D eigenvalue weighted by Crippen LogP contribution is -2.24. The summed E-state index contributed by atoms with van der Waals surface area (Å²) in [6.07, 6.45) is 1.84. The molecule has 0 N–H and O–H groups in total. The van der Waals surface area contributed by atoms with Crippen LogP contribution >= 0.6 is 7.14 Å². The average Bonchev–Trinajstić information content (AvgIpc) is 3.31. The molecule has 0 saturated heterocycles. The number of hydrogen-bond donors (Lipinski definition) is 0. The van der Waals surface area contributed by atoms with E-state index in [0.717, 1.165) is 54.3 Å². The summed E-state index contributed by atoms with van der Waals surface area (Å²) < 4.78 is 17.3. The first-order chi connectivity index (χ1) is 18.2. The maximum Gasteiger partial charge on any atom is 0.171 e. The zero-order chi connectivity index (χ0) is 24.8. The summed E-state index contributed by atoms with van der Waals surface area (Å²) in [7, 11) is -3.08. The Balaban J connectivity index is 1.55. The van der Waals surface area contributed by atoms with Crippen LogP contribution in [0.5, 0.6) is 0 Å². The van der Waals surface area contributed by atoms with E-state index in [2.05, 4.69) is 65.2 Å². The molecule has 7 rings (SSSR count). The summed E-state index contributed by atoms with van der Waals surface area (Å²) in [5.41, 5.74) is 4.15. The number of rotatable bonds is 4. The summed E-state index contributed by atoms with van der Waals surface area (Å²) in [5, 5.41) is 5.80. The molecule has 0 fully saturated rings. The van der Waals surface area contributed by atoms with Gasteiger partial charge in [0.05, 0.1) is 22.2 Å². The van der Waals surface area contributed by atoms with Crippen molar-refractivity contribution in [1.82, 2.24) is 9.55 Å². The first-order valence-corrected chi connectivity index (χ1v) is 14.0. The van der Waals surface area contributed by atoms with E-state index in [0.29, 0.717) is 0 Å². The third-order valence-corrected chi connectivity index (χ3v) is 10.2. The van der Waals surface area contributed by atoms with Crippen LogP contribution < -0.4 is 15.9 Å². The van der Waals surface area contributed by atoms with Gasteiger partial charge in [0.25, 0.3) is 0 Å². The number of hydrogen-bond acceptors (Lipinski definition) is 2. The lowest BCUT2D eigenvalue weighted by Gasteiger charge is -2.20. The number of benzene rings is 5. The molecule has 0 bridgehead atoms. The minimum absolute atomic E-state index is 0.830. The predicted octanol–water partition coefficient (Wildman–Crippen LogP) is 6.97. The van der Waals surface area contributed by atoms with Crippen LogP contribution in [0.1, 0.15) is 0 Å². The van der Waals surface area contributed by atoms with Crippen molar-refractivity contribution in [2.45, 2.75) is 0 Å². The van der Waals surface area contributed by atoms with Crippen LogP contribution in [0.3, 0.4) is 0 Å². The Morgan fingerprint density at radius 3 is 1.95 bits per heavy atom. The summed E-state index contributed by atoms with van der Waals surface area (Å²) in [6.45, 7) is 0. The van der Waals surface area contributed by atoms with Gasteiger partial charge in [0.1, 0.15) is 0 Å². The Labute approximate surface area is 215 Å². The number of para-hydroxylation sites is 2. The van der Waals surface area contributed by atoms with Crippen molar-refractivity contribution in [3.63, 3.8) is 0 Å². The quantitative estimate of drug-likeness (QED) is 0.248. The van der Waals surface area contributed by atoms with Crippen LogP contribution in [0, 0.1) is 0 Å². The summed E-state index contributed by atoms with van der Waals surface area (Å²) in [5.74, 6) is 0.